The zero-order valence-corrected chi connectivity index (χ0v) is 22.2. The highest BCUT2D eigenvalue weighted by Gasteiger charge is 2.14. The highest BCUT2D eigenvalue weighted by atomic mass is 35.5. The lowest BCUT2D eigenvalue weighted by Gasteiger charge is -2.13. The third-order valence-electron chi connectivity index (χ3n) is 4.92. The standard InChI is InChI=1S/C25H21Cl2N5O2S2/c1-2-21-29-30-25(36-15-16-7-4-3-5-8-16)32(21)31-24(35)28-22(33)14-12-17-11-13-20(34-17)18-9-6-10-19(26)23(18)27/h3-14H,2,15H2,1H3,(H2,28,31,33,35)/b14-12+. The zero-order chi connectivity index (χ0) is 25.5. The molecule has 0 unspecified atom stereocenters. The number of hydrogen-bond acceptors (Lipinski definition) is 6. The number of thioether (sulfide) groups is 1. The normalized spacial score (nSPS) is 11.1. The molecule has 0 saturated carbocycles. The van der Waals surface area contributed by atoms with Crippen molar-refractivity contribution in [3.63, 3.8) is 0 Å². The molecule has 4 aromatic rings. The monoisotopic (exact) mass is 557 g/mol. The molecule has 0 spiro atoms. The van der Waals surface area contributed by atoms with E-state index in [9.17, 15) is 4.79 Å². The lowest BCUT2D eigenvalue weighted by molar-refractivity contribution is -0.115. The fourth-order valence-corrected chi connectivity index (χ4v) is 4.63. The molecule has 0 saturated heterocycles. The van der Waals surface area contributed by atoms with Crippen molar-refractivity contribution in [3.05, 3.63) is 93.9 Å². The summed E-state index contributed by atoms with van der Waals surface area (Å²) in [6.07, 6.45) is 3.51. The van der Waals surface area contributed by atoms with Crippen LogP contribution in [0.1, 0.15) is 24.1 Å². The van der Waals surface area contributed by atoms with Crippen LogP contribution in [0.4, 0.5) is 0 Å². The molecule has 0 aliphatic carbocycles. The van der Waals surface area contributed by atoms with Gasteiger partial charge in [0.2, 0.25) is 11.1 Å². The van der Waals surface area contributed by atoms with Gasteiger partial charge in [-0.05, 0) is 48.1 Å². The Morgan fingerprint density at radius 2 is 1.92 bits per heavy atom. The summed E-state index contributed by atoms with van der Waals surface area (Å²) in [5.74, 6) is 2.01. The van der Waals surface area contributed by atoms with E-state index in [4.69, 9.17) is 39.8 Å². The topological polar surface area (TPSA) is 85.0 Å². The number of aryl methyl sites for hydroxylation is 1. The maximum absolute atomic E-state index is 12.4. The highest BCUT2D eigenvalue weighted by Crippen LogP contribution is 2.34. The average molecular weight is 559 g/mol. The number of amides is 1. The Labute approximate surface area is 227 Å². The van der Waals surface area contributed by atoms with E-state index in [1.54, 1.807) is 35.0 Å². The number of nitrogens with zero attached hydrogens (tertiary/aromatic N) is 3. The molecule has 0 fully saturated rings. The number of benzene rings is 2. The van der Waals surface area contributed by atoms with Crippen molar-refractivity contribution in [1.82, 2.24) is 20.2 Å². The van der Waals surface area contributed by atoms with Crippen molar-refractivity contribution < 1.29 is 9.21 Å². The molecule has 2 aromatic carbocycles. The second kappa shape index (κ2) is 12.2. The van der Waals surface area contributed by atoms with Crippen molar-refractivity contribution in [1.29, 1.82) is 0 Å². The van der Waals surface area contributed by atoms with E-state index in [-0.39, 0.29) is 5.11 Å². The number of carbonyl (C=O) groups is 1. The van der Waals surface area contributed by atoms with Crippen LogP contribution in [-0.2, 0) is 17.0 Å². The van der Waals surface area contributed by atoms with Crippen LogP contribution in [0.15, 0.2) is 76.3 Å². The van der Waals surface area contributed by atoms with Gasteiger partial charge in [0.15, 0.2) is 10.9 Å². The molecule has 1 amide bonds. The zero-order valence-electron chi connectivity index (χ0n) is 19.1. The van der Waals surface area contributed by atoms with Crippen LogP contribution >= 0.6 is 47.2 Å². The summed E-state index contributed by atoms with van der Waals surface area (Å²) in [6, 6.07) is 18.8. The van der Waals surface area contributed by atoms with Crippen LogP contribution in [0.2, 0.25) is 10.0 Å². The van der Waals surface area contributed by atoms with E-state index >= 15 is 0 Å². The summed E-state index contributed by atoms with van der Waals surface area (Å²) < 4.78 is 7.46. The molecule has 36 heavy (non-hydrogen) atoms. The van der Waals surface area contributed by atoms with Gasteiger partial charge in [-0.3, -0.25) is 15.5 Å². The first kappa shape index (κ1) is 26.0. The van der Waals surface area contributed by atoms with E-state index in [1.807, 2.05) is 37.3 Å². The largest absolute Gasteiger partial charge is 0.457 e. The fraction of sp³-hybridized carbons (Fsp3) is 0.120. The van der Waals surface area contributed by atoms with Crippen LogP contribution in [0.3, 0.4) is 0 Å². The highest BCUT2D eigenvalue weighted by molar-refractivity contribution is 7.98. The maximum atomic E-state index is 12.4. The predicted molar refractivity (Wildman–Crippen MR) is 149 cm³/mol. The number of aromatic nitrogens is 3. The van der Waals surface area contributed by atoms with Crippen molar-refractivity contribution in [2.45, 2.75) is 24.3 Å². The minimum Gasteiger partial charge on any atom is -0.457 e. The summed E-state index contributed by atoms with van der Waals surface area (Å²) in [7, 11) is 0. The van der Waals surface area contributed by atoms with Gasteiger partial charge < -0.3 is 4.42 Å². The smallest absolute Gasteiger partial charge is 0.250 e. The van der Waals surface area contributed by atoms with Crippen molar-refractivity contribution in [2.24, 2.45) is 0 Å². The van der Waals surface area contributed by atoms with Crippen LogP contribution in [0.5, 0.6) is 0 Å². The number of halogens is 2. The third kappa shape index (κ3) is 6.55. The van der Waals surface area contributed by atoms with E-state index in [1.165, 1.54) is 23.9 Å². The van der Waals surface area contributed by atoms with Gasteiger partial charge in [0, 0.05) is 23.8 Å². The van der Waals surface area contributed by atoms with Gasteiger partial charge in [0.1, 0.15) is 11.5 Å². The first-order valence-electron chi connectivity index (χ1n) is 10.9. The fourth-order valence-electron chi connectivity index (χ4n) is 3.18. The molecule has 0 bridgehead atoms. The quantitative estimate of drug-likeness (QED) is 0.148. The van der Waals surface area contributed by atoms with Crippen LogP contribution in [0.25, 0.3) is 17.4 Å². The van der Waals surface area contributed by atoms with E-state index < -0.39 is 5.91 Å². The Kier molecular flexibility index (Phi) is 8.82. The van der Waals surface area contributed by atoms with E-state index in [0.29, 0.717) is 44.5 Å². The molecule has 2 heterocycles. The second-order valence-electron chi connectivity index (χ2n) is 7.43. The molecule has 0 atom stereocenters. The SMILES string of the molecule is CCc1nnc(SCc2ccccc2)n1NC(=S)NC(=O)/C=C/c1ccc(-c2cccc(Cl)c2Cl)o1. The van der Waals surface area contributed by atoms with Gasteiger partial charge >= 0.3 is 0 Å². The molecular weight excluding hydrogens is 537 g/mol. The van der Waals surface area contributed by atoms with Crippen LogP contribution < -0.4 is 10.7 Å². The Bertz CT molecular complexity index is 1400. The van der Waals surface area contributed by atoms with E-state index in [0.717, 1.165) is 11.3 Å². The Morgan fingerprint density at radius 1 is 1.11 bits per heavy atom. The van der Waals surface area contributed by atoms with Crippen LogP contribution in [-0.4, -0.2) is 25.9 Å². The Hall–Kier alpha value is -3.11. The van der Waals surface area contributed by atoms with Crippen LogP contribution in [0, 0.1) is 0 Å². The summed E-state index contributed by atoms with van der Waals surface area (Å²) in [6.45, 7) is 1.96. The molecule has 2 aromatic heterocycles. The van der Waals surface area contributed by atoms with Gasteiger partial charge in [0.25, 0.3) is 0 Å². The van der Waals surface area contributed by atoms with Gasteiger partial charge in [-0.15, -0.1) is 10.2 Å². The molecule has 0 aliphatic rings. The molecule has 0 aliphatic heterocycles. The number of rotatable bonds is 8. The number of hydrogen-bond donors (Lipinski definition) is 2. The minimum absolute atomic E-state index is 0.117. The Balaban J connectivity index is 1.36. The summed E-state index contributed by atoms with van der Waals surface area (Å²) in [5, 5.41) is 12.7. The van der Waals surface area contributed by atoms with Gasteiger partial charge in [-0.25, -0.2) is 4.68 Å². The van der Waals surface area contributed by atoms with Crippen molar-refractivity contribution >= 4 is 64.3 Å². The van der Waals surface area contributed by atoms with Gasteiger partial charge in [-0.2, -0.15) is 0 Å². The minimum atomic E-state index is -0.421. The molecule has 184 valence electrons. The summed E-state index contributed by atoms with van der Waals surface area (Å²) in [5.41, 5.74) is 4.83. The molecule has 11 heteroatoms. The first-order valence-corrected chi connectivity index (χ1v) is 13.0. The Morgan fingerprint density at radius 3 is 2.69 bits per heavy atom. The molecule has 2 N–H and O–H groups in total. The number of thiocarbonyl (C=S) groups is 1. The molecule has 7 nitrogen and oxygen atoms in total. The average Bonchev–Trinajstić information content (AvgIpc) is 3.50. The molecule has 0 radical (unpaired) electrons. The molecular formula is C25H21Cl2N5O2S2. The molecule has 4 rings (SSSR count). The van der Waals surface area contributed by atoms with Crippen molar-refractivity contribution in [3.8, 4) is 11.3 Å². The second-order valence-corrected chi connectivity index (χ2v) is 9.56. The predicted octanol–water partition coefficient (Wildman–Crippen LogP) is 6.36. The third-order valence-corrected chi connectivity index (χ3v) is 6.93. The van der Waals surface area contributed by atoms with E-state index in [2.05, 4.69) is 20.9 Å². The van der Waals surface area contributed by atoms with Gasteiger partial charge in [-0.1, -0.05) is 78.3 Å². The maximum Gasteiger partial charge on any atom is 0.250 e. The summed E-state index contributed by atoms with van der Waals surface area (Å²) >= 11 is 19.2. The van der Waals surface area contributed by atoms with Gasteiger partial charge in [0.05, 0.1) is 10.0 Å². The number of carbonyl (C=O) groups excluding carboxylic acids is 1. The number of nitrogens with one attached hydrogen (secondary N) is 2. The lowest BCUT2D eigenvalue weighted by atomic mass is 10.2. The number of furan rings is 1. The van der Waals surface area contributed by atoms with Crippen molar-refractivity contribution in [2.75, 3.05) is 5.43 Å². The first-order chi connectivity index (χ1) is 17.4. The lowest BCUT2D eigenvalue weighted by Crippen LogP contribution is -2.38. The summed E-state index contributed by atoms with van der Waals surface area (Å²) in [4.78, 5) is 12.4.